The molecule has 1 atom stereocenters. The highest BCUT2D eigenvalue weighted by Crippen LogP contribution is 2.22. The standard InChI is InChI=1S/C18H26N4.HI/c1-13-6-5-11-22(12-13)18(19)20-10-9-15-14(2)21-17-8-4-3-7-16(15)17;/h3-4,7-8,13,21H,5-6,9-12H2,1-2H3,(H2,19,20);1H. The van der Waals surface area contributed by atoms with E-state index < -0.39 is 0 Å². The molecule has 0 bridgehead atoms. The molecule has 1 unspecified atom stereocenters. The topological polar surface area (TPSA) is 57.4 Å². The summed E-state index contributed by atoms with van der Waals surface area (Å²) in [5.41, 5.74) is 9.97. The Morgan fingerprint density at radius 2 is 2.17 bits per heavy atom. The van der Waals surface area contributed by atoms with Gasteiger partial charge in [0, 0.05) is 36.2 Å². The number of H-pyrrole nitrogens is 1. The number of aromatic nitrogens is 1. The molecule has 1 aromatic heterocycles. The van der Waals surface area contributed by atoms with Crippen molar-refractivity contribution in [2.45, 2.75) is 33.1 Å². The molecule has 1 aromatic carbocycles. The molecule has 5 heteroatoms. The number of rotatable bonds is 3. The summed E-state index contributed by atoms with van der Waals surface area (Å²) in [5.74, 6) is 1.43. The minimum atomic E-state index is 0. The number of halogens is 1. The fourth-order valence-corrected chi connectivity index (χ4v) is 3.44. The number of piperidine rings is 1. The Bertz CT molecular complexity index is 677. The number of hydrogen-bond acceptors (Lipinski definition) is 1. The molecule has 2 heterocycles. The van der Waals surface area contributed by atoms with E-state index in [-0.39, 0.29) is 24.0 Å². The van der Waals surface area contributed by atoms with Crippen molar-refractivity contribution in [1.82, 2.24) is 9.88 Å². The van der Waals surface area contributed by atoms with Crippen LogP contribution in [0.4, 0.5) is 0 Å². The third-order valence-corrected chi connectivity index (χ3v) is 4.64. The highest BCUT2D eigenvalue weighted by atomic mass is 127. The molecule has 23 heavy (non-hydrogen) atoms. The second-order valence-corrected chi connectivity index (χ2v) is 6.46. The third kappa shape index (κ3) is 4.19. The van der Waals surface area contributed by atoms with Crippen molar-refractivity contribution < 1.29 is 0 Å². The van der Waals surface area contributed by atoms with Crippen LogP contribution in [0.15, 0.2) is 29.3 Å². The van der Waals surface area contributed by atoms with Gasteiger partial charge < -0.3 is 15.6 Å². The van der Waals surface area contributed by atoms with Gasteiger partial charge >= 0.3 is 0 Å². The number of para-hydroxylation sites is 1. The SMILES string of the molecule is Cc1[nH]c2ccccc2c1CCN=C(N)N1CCCC(C)C1.I. The van der Waals surface area contributed by atoms with Gasteiger partial charge in [-0.25, -0.2) is 0 Å². The largest absolute Gasteiger partial charge is 0.370 e. The molecular formula is C18H27IN4. The van der Waals surface area contributed by atoms with Crippen LogP contribution in [0.1, 0.15) is 31.0 Å². The zero-order valence-corrected chi connectivity index (χ0v) is 16.3. The normalized spacial score (nSPS) is 19.0. The Hall–Kier alpha value is -1.24. The van der Waals surface area contributed by atoms with E-state index in [0.29, 0.717) is 5.96 Å². The molecule has 0 radical (unpaired) electrons. The first kappa shape index (κ1) is 18.1. The number of aryl methyl sites for hydroxylation is 1. The minimum Gasteiger partial charge on any atom is -0.370 e. The van der Waals surface area contributed by atoms with Crippen molar-refractivity contribution in [2.75, 3.05) is 19.6 Å². The molecule has 1 aliphatic heterocycles. The van der Waals surface area contributed by atoms with Crippen LogP contribution in [0.3, 0.4) is 0 Å². The lowest BCUT2D eigenvalue weighted by atomic mass is 10.0. The Labute approximate surface area is 155 Å². The van der Waals surface area contributed by atoms with Crippen molar-refractivity contribution in [2.24, 2.45) is 16.6 Å². The van der Waals surface area contributed by atoms with Crippen LogP contribution >= 0.6 is 24.0 Å². The molecule has 1 saturated heterocycles. The maximum Gasteiger partial charge on any atom is 0.191 e. The Balaban J connectivity index is 0.00000192. The van der Waals surface area contributed by atoms with Gasteiger partial charge in [0.05, 0.1) is 0 Å². The van der Waals surface area contributed by atoms with Gasteiger partial charge in [0.2, 0.25) is 0 Å². The molecule has 1 aliphatic rings. The second kappa shape index (κ2) is 8.04. The van der Waals surface area contributed by atoms with E-state index in [1.165, 1.54) is 35.0 Å². The van der Waals surface area contributed by atoms with E-state index in [4.69, 9.17) is 5.73 Å². The number of nitrogens with two attached hydrogens (primary N) is 1. The van der Waals surface area contributed by atoms with E-state index >= 15 is 0 Å². The van der Waals surface area contributed by atoms with Crippen LogP contribution < -0.4 is 5.73 Å². The lowest BCUT2D eigenvalue weighted by Gasteiger charge is -2.31. The Morgan fingerprint density at radius 3 is 2.96 bits per heavy atom. The van der Waals surface area contributed by atoms with E-state index in [0.717, 1.165) is 32.0 Å². The van der Waals surface area contributed by atoms with Crippen molar-refractivity contribution >= 4 is 40.8 Å². The van der Waals surface area contributed by atoms with Gasteiger partial charge in [-0.05, 0) is 43.7 Å². The average molecular weight is 426 g/mol. The van der Waals surface area contributed by atoms with Crippen LogP contribution in [0.2, 0.25) is 0 Å². The number of aliphatic imine (C=N–C) groups is 1. The number of benzene rings is 1. The second-order valence-electron chi connectivity index (χ2n) is 6.46. The van der Waals surface area contributed by atoms with Gasteiger partial charge in [0.1, 0.15) is 0 Å². The van der Waals surface area contributed by atoms with Crippen molar-refractivity contribution in [1.29, 1.82) is 0 Å². The Morgan fingerprint density at radius 1 is 1.39 bits per heavy atom. The summed E-state index contributed by atoms with van der Waals surface area (Å²) in [6.45, 7) is 7.26. The highest BCUT2D eigenvalue weighted by Gasteiger charge is 2.17. The number of aromatic amines is 1. The predicted octanol–water partition coefficient (Wildman–Crippen LogP) is 3.68. The minimum absolute atomic E-state index is 0. The Kier molecular flexibility index (Phi) is 6.33. The van der Waals surface area contributed by atoms with E-state index in [1.807, 2.05) is 0 Å². The molecule has 4 nitrogen and oxygen atoms in total. The van der Waals surface area contributed by atoms with E-state index in [1.54, 1.807) is 0 Å². The average Bonchev–Trinajstić information content (AvgIpc) is 2.83. The van der Waals surface area contributed by atoms with Gasteiger partial charge in [-0.3, -0.25) is 4.99 Å². The summed E-state index contributed by atoms with van der Waals surface area (Å²) in [7, 11) is 0. The summed E-state index contributed by atoms with van der Waals surface area (Å²) in [5, 5.41) is 1.31. The molecule has 1 fully saturated rings. The molecule has 0 amide bonds. The van der Waals surface area contributed by atoms with E-state index in [9.17, 15) is 0 Å². The zero-order chi connectivity index (χ0) is 15.5. The van der Waals surface area contributed by atoms with Crippen LogP contribution in [0, 0.1) is 12.8 Å². The summed E-state index contributed by atoms with van der Waals surface area (Å²) < 4.78 is 0. The molecule has 0 spiro atoms. The van der Waals surface area contributed by atoms with Gasteiger partial charge in [0.25, 0.3) is 0 Å². The van der Waals surface area contributed by atoms with Gasteiger partial charge in [-0.2, -0.15) is 0 Å². The quantitative estimate of drug-likeness (QED) is 0.447. The monoisotopic (exact) mass is 426 g/mol. The number of guanidine groups is 1. The number of hydrogen-bond donors (Lipinski definition) is 2. The highest BCUT2D eigenvalue weighted by molar-refractivity contribution is 14.0. The van der Waals surface area contributed by atoms with Gasteiger partial charge in [-0.1, -0.05) is 25.1 Å². The van der Waals surface area contributed by atoms with Crippen LogP contribution in [0.25, 0.3) is 10.9 Å². The van der Waals surface area contributed by atoms with Crippen molar-refractivity contribution in [3.05, 3.63) is 35.5 Å². The maximum absolute atomic E-state index is 6.17. The fourth-order valence-electron chi connectivity index (χ4n) is 3.44. The van der Waals surface area contributed by atoms with Gasteiger partial charge in [-0.15, -0.1) is 24.0 Å². The fraction of sp³-hybridized carbons (Fsp3) is 0.500. The summed E-state index contributed by atoms with van der Waals surface area (Å²) >= 11 is 0. The molecule has 126 valence electrons. The molecule has 2 aromatic rings. The third-order valence-electron chi connectivity index (χ3n) is 4.64. The molecular weight excluding hydrogens is 399 g/mol. The van der Waals surface area contributed by atoms with Crippen LogP contribution in [0.5, 0.6) is 0 Å². The zero-order valence-electron chi connectivity index (χ0n) is 14.0. The lowest BCUT2D eigenvalue weighted by Crippen LogP contribution is -2.43. The maximum atomic E-state index is 6.17. The predicted molar refractivity (Wildman–Crippen MR) is 109 cm³/mol. The first-order chi connectivity index (χ1) is 10.6. The summed E-state index contributed by atoms with van der Waals surface area (Å²) in [6.07, 6.45) is 3.46. The first-order valence-electron chi connectivity index (χ1n) is 8.26. The number of fused-ring (bicyclic) bond motifs is 1. The van der Waals surface area contributed by atoms with Crippen LogP contribution in [-0.4, -0.2) is 35.5 Å². The number of nitrogens with zero attached hydrogens (tertiary/aromatic N) is 2. The van der Waals surface area contributed by atoms with Crippen molar-refractivity contribution in [3.63, 3.8) is 0 Å². The molecule has 3 N–H and O–H groups in total. The van der Waals surface area contributed by atoms with Gasteiger partial charge in [0.15, 0.2) is 5.96 Å². The lowest BCUT2D eigenvalue weighted by molar-refractivity contribution is 0.270. The van der Waals surface area contributed by atoms with E-state index in [2.05, 4.69) is 53.0 Å². The number of likely N-dealkylation sites (tertiary alicyclic amines) is 1. The van der Waals surface area contributed by atoms with Crippen molar-refractivity contribution in [3.8, 4) is 0 Å². The summed E-state index contributed by atoms with van der Waals surface area (Å²) in [4.78, 5) is 10.3. The first-order valence-corrected chi connectivity index (χ1v) is 8.26. The molecule has 0 saturated carbocycles. The van der Waals surface area contributed by atoms with Crippen LogP contribution in [-0.2, 0) is 6.42 Å². The number of nitrogens with one attached hydrogen (secondary N) is 1. The smallest absolute Gasteiger partial charge is 0.191 e. The molecule has 0 aliphatic carbocycles. The summed E-state index contributed by atoms with van der Waals surface area (Å²) in [6, 6.07) is 8.45. The molecule has 3 rings (SSSR count).